The van der Waals surface area contributed by atoms with E-state index >= 15 is 0 Å². The number of hydrogen-bond donors (Lipinski definition) is 0. The lowest BCUT2D eigenvalue weighted by Crippen LogP contribution is -2.20. The van der Waals surface area contributed by atoms with Gasteiger partial charge in [-0.05, 0) is 51.1 Å². The average molecular weight is 478 g/mol. The van der Waals surface area contributed by atoms with E-state index in [0.29, 0.717) is 30.1 Å². The summed E-state index contributed by atoms with van der Waals surface area (Å²) in [7, 11) is -3.44. The zero-order chi connectivity index (χ0) is 23.5. The SMILES string of the molecule is CCOCCn1c(=NC(=O)c2ccc(S(=O)(=O)C(C)C)cc2)sc2ccc([N+](=O)[O-])cc21. The van der Waals surface area contributed by atoms with E-state index in [0.717, 1.165) is 4.70 Å². The first-order valence-electron chi connectivity index (χ1n) is 9.93. The van der Waals surface area contributed by atoms with Crippen molar-refractivity contribution in [2.45, 2.75) is 37.5 Å². The van der Waals surface area contributed by atoms with E-state index < -0.39 is 25.9 Å². The molecule has 2 aromatic carbocycles. The summed E-state index contributed by atoms with van der Waals surface area (Å²) >= 11 is 1.24. The fourth-order valence-corrected chi connectivity index (χ4v) is 5.08. The van der Waals surface area contributed by atoms with Crippen molar-refractivity contribution in [3.63, 3.8) is 0 Å². The van der Waals surface area contributed by atoms with E-state index in [9.17, 15) is 23.3 Å². The maximum atomic E-state index is 12.8. The van der Waals surface area contributed by atoms with Gasteiger partial charge in [-0.15, -0.1) is 0 Å². The monoisotopic (exact) mass is 477 g/mol. The predicted octanol–water partition coefficient (Wildman–Crippen LogP) is 3.57. The van der Waals surface area contributed by atoms with Crippen LogP contribution in [0, 0.1) is 10.1 Å². The lowest BCUT2D eigenvalue weighted by molar-refractivity contribution is -0.384. The molecule has 32 heavy (non-hydrogen) atoms. The summed E-state index contributed by atoms with van der Waals surface area (Å²) in [5.41, 5.74) is 0.779. The Morgan fingerprint density at radius 1 is 1.22 bits per heavy atom. The van der Waals surface area contributed by atoms with Crippen LogP contribution in [-0.2, 0) is 21.1 Å². The Morgan fingerprint density at radius 3 is 2.50 bits per heavy atom. The molecule has 0 atom stereocenters. The first-order valence-corrected chi connectivity index (χ1v) is 12.3. The van der Waals surface area contributed by atoms with Crippen LogP contribution < -0.4 is 4.80 Å². The normalized spacial score (nSPS) is 12.6. The molecule has 11 heteroatoms. The highest BCUT2D eigenvalue weighted by atomic mass is 32.2. The Bertz CT molecular complexity index is 1320. The topological polar surface area (TPSA) is 121 Å². The minimum atomic E-state index is -3.44. The number of fused-ring (bicyclic) bond motifs is 1. The molecule has 0 fully saturated rings. The van der Waals surface area contributed by atoms with E-state index in [1.54, 1.807) is 24.5 Å². The highest BCUT2D eigenvalue weighted by Gasteiger charge is 2.19. The number of amides is 1. The maximum absolute atomic E-state index is 12.8. The molecule has 1 aromatic heterocycles. The fraction of sp³-hybridized carbons (Fsp3) is 0.333. The highest BCUT2D eigenvalue weighted by Crippen LogP contribution is 2.23. The molecular weight excluding hydrogens is 454 g/mol. The summed E-state index contributed by atoms with van der Waals surface area (Å²) in [6.07, 6.45) is 0. The lowest BCUT2D eigenvalue weighted by Gasteiger charge is -2.07. The Morgan fingerprint density at radius 2 is 1.91 bits per heavy atom. The summed E-state index contributed by atoms with van der Waals surface area (Å²) in [4.78, 5) is 28.2. The van der Waals surface area contributed by atoms with Crippen molar-refractivity contribution in [1.29, 1.82) is 0 Å². The molecule has 0 N–H and O–H groups in total. The summed E-state index contributed by atoms with van der Waals surface area (Å²) in [6.45, 7) is 6.28. The minimum Gasteiger partial charge on any atom is -0.380 e. The largest absolute Gasteiger partial charge is 0.380 e. The van der Waals surface area contributed by atoms with Crippen LogP contribution in [0.15, 0.2) is 52.4 Å². The molecule has 0 radical (unpaired) electrons. The highest BCUT2D eigenvalue weighted by molar-refractivity contribution is 7.92. The standard InChI is InChI=1S/C21H23N3O6S2/c1-4-30-12-11-23-18-13-16(24(26)27)7-10-19(18)31-21(23)22-20(25)15-5-8-17(9-6-15)32(28,29)14(2)3/h5-10,13-14H,4,11-12H2,1-3H3. The van der Waals surface area contributed by atoms with E-state index in [4.69, 9.17) is 4.74 Å². The molecule has 0 spiro atoms. The van der Waals surface area contributed by atoms with Gasteiger partial charge in [0.05, 0.1) is 31.9 Å². The van der Waals surface area contributed by atoms with Crippen molar-refractivity contribution in [3.05, 3.63) is 62.9 Å². The number of ether oxygens (including phenoxy) is 1. The van der Waals surface area contributed by atoms with Crippen LogP contribution in [0.25, 0.3) is 10.2 Å². The third-order valence-corrected chi connectivity index (χ3v) is 8.02. The number of non-ortho nitro benzene ring substituents is 1. The second-order valence-electron chi connectivity index (χ2n) is 7.18. The van der Waals surface area contributed by atoms with E-state index in [1.165, 1.54) is 47.7 Å². The van der Waals surface area contributed by atoms with Crippen molar-refractivity contribution >= 4 is 43.0 Å². The Labute approximate surface area is 189 Å². The number of nitrogens with zero attached hydrogens (tertiary/aromatic N) is 3. The van der Waals surface area contributed by atoms with Gasteiger partial charge in [0.1, 0.15) is 0 Å². The van der Waals surface area contributed by atoms with Gasteiger partial charge in [-0.2, -0.15) is 4.99 Å². The molecule has 0 aliphatic rings. The van der Waals surface area contributed by atoms with Crippen molar-refractivity contribution < 1.29 is 22.9 Å². The van der Waals surface area contributed by atoms with Gasteiger partial charge in [-0.3, -0.25) is 14.9 Å². The molecule has 0 bridgehead atoms. The number of carbonyl (C=O) groups excluding carboxylic acids is 1. The number of hydrogen-bond acceptors (Lipinski definition) is 7. The van der Waals surface area contributed by atoms with Gasteiger partial charge >= 0.3 is 0 Å². The van der Waals surface area contributed by atoms with Crippen molar-refractivity contribution in [2.75, 3.05) is 13.2 Å². The Kier molecular flexibility index (Phi) is 7.22. The molecule has 3 rings (SSSR count). The van der Waals surface area contributed by atoms with Crippen LogP contribution in [0.2, 0.25) is 0 Å². The molecule has 3 aromatic rings. The second-order valence-corrected chi connectivity index (χ2v) is 10.7. The fourth-order valence-electron chi connectivity index (χ4n) is 2.98. The summed E-state index contributed by atoms with van der Waals surface area (Å²) in [5, 5.41) is 10.6. The second kappa shape index (κ2) is 9.72. The first-order chi connectivity index (χ1) is 15.1. The zero-order valence-corrected chi connectivity index (χ0v) is 19.5. The van der Waals surface area contributed by atoms with Gasteiger partial charge in [-0.1, -0.05) is 11.3 Å². The third kappa shape index (κ3) is 4.95. The third-order valence-electron chi connectivity index (χ3n) is 4.79. The predicted molar refractivity (Wildman–Crippen MR) is 122 cm³/mol. The number of rotatable bonds is 8. The van der Waals surface area contributed by atoms with Gasteiger partial charge in [-0.25, -0.2) is 8.42 Å². The molecule has 0 aliphatic carbocycles. The summed E-state index contributed by atoms with van der Waals surface area (Å²) < 4.78 is 32.4. The molecule has 0 saturated carbocycles. The number of thiazole rings is 1. The summed E-state index contributed by atoms with van der Waals surface area (Å²) in [5.74, 6) is -0.537. The van der Waals surface area contributed by atoms with Gasteiger partial charge in [0.15, 0.2) is 14.6 Å². The average Bonchev–Trinajstić information content (AvgIpc) is 3.10. The van der Waals surface area contributed by atoms with E-state index in [-0.39, 0.29) is 16.1 Å². The molecule has 1 amide bonds. The van der Waals surface area contributed by atoms with Crippen LogP contribution >= 0.6 is 11.3 Å². The molecule has 1 heterocycles. The maximum Gasteiger partial charge on any atom is 0.279 e. The smallest absolute Gasteiger partial charge is 0.279 e. The van der Waals surface area contributed by atoms with E-state index in [2.05, 4.69) is 4.99 Å². The molecule has 170 valence electrons. The molecule has 0 unspecified atom stereocenters. The minimum absolute atomic E-state index is 0.0553. The van der Waals surface area contributed by atoms with Crippen molar-refractivity contribution in [1.82, 2.24) is 4.57 Å². The molecule has 0 saturated heterocycles. The van der Waals surface area contributed by atoms with Gasteiger partial charge < -0.3 is 9.30 Å². The molecular formula is C21H23N3O6S2. The number of carbonyl (C=O) groups is 1. The quantitative estimate of drug-likeness (QED) is 0.278. The number of nitro groups is 1. The van der Waals surface area contributed by atoms with Gasteiger partial charge in [0, 0.05) is 30.8 Å². The van der Waals surface area contributed by atoms with Gasteiger partial charge in [0.25, 0.3) is 11.6 Å². The van der Waals surface area contributed by atoms with Crippen LogP contribution in [-0.4, -0.2) is 42.3 Å². The van der Waals surface area contributed by atoms with Crippen molar-refractivity contribution in [3.8, 4) is 0 Å². The van der Waals surface area contributed by atoms with Crippen LogP contribution in [0.1, 0.15) is 31.1 Å². The number of aromatic nitrogens is 1. The van der Waals surface area contributed by atoms with Crippen LogP contribution in [0.4, 0.5) is 5.69 Å². The Hall–Kier alpha value is -2.89. The van der Waals surface area contributed by atoms with Gasteiger partial charge in [0.2, 0.25) is 0 Å². The number of nitro benzene ring substituents is 1. The zero-order valence-electron chi connectivity index (χ0n) is 17.8. The van der Waals surface area contributed by atoms with Crippen LogP contribution in [0.3, 0.4) is 0 Å². The van der Waals surface area contributed by atoms with Crippen LogP contribution in [0.5, 0.6) is 0 Å². The molecule has 9 nitrogen and oxygen atoms in total. The summed E-state index contributed by atoms with van der Waals surface area (Å²) in [6, 6.07) is 10.2. The number of sulfone groups is 1. The number of benzene rings is 2. The van der Waals surface area contributed by atoms with E-state index in [1.807, 2.05) is 6.92 Å². The first kappa shape index (κ1) is 23.8. The van der Waals surface area contributed by atoms with Crippen molar-refractivity contribution in [2.24, 2.45) is 4.99 Å². The Balaban J connectivity index is 2.03. The lowest BCUT2D eigenvalue weighted by atomic mass is 10.2. The molecule has 0 aliphatic heterocycles.